The van der Waals surface area contributed by atoms with E-state index in [1.54, 1.807) is 0 Å². The molecule has 1 aliphatic heterocycles. The Morgan fingerprint density at radius 3 is 1.25 bits per heavy atom. The first-order valence-corrected chi connectivity index (χ1v) is 28.4. The second-order valence-corrected chi connectivity index (χ2v) is 20.1. The van der Waals surface area contributed by atoms with Gasteiger partial charge in [0.25, 0.3) is 0 Å². The number of hydrogen-bond acceptors (Lipinski definition) is 8. The van der Waals surface area contributed by atoms with Crippen LogP contribution in [0.3, 0.4) is 0 Å². The first kappa shape index (κ1) is 61.9. The average molecular weight is 924 g/mol. The Morgan fingerprint density at radius 1 is 0.508 bits per heavy atom. The van der Waals surface area contributed by atoms with Crippen LogP contribution in [0.4, 0.5) is 0 Å². The Hall–Kier alpha value is -1.07. The molecule has 1 heterocycles. The molecule has 0 aromatic carbocycles. The van der Waals surface area contributed by atoms with Crippen LogP contribution < -0.4 is 5.32 Å². The number of nitrogens with one attached hydrogen (secondary N) is 1. The second-order valence-electron chi connectivity index (χ2n) is 20.1. The van der Waals surface area contributed by atoms with Crippen LogP contribution in [0.5, 0.6) is 0 Å². The van der Waals surface area contributed by atoms with E-state index in [0.717, 1.165) is 38.5 Å². The van der Waals surface area contributed by atoms with Crippen molar-refractivity contribution in [2.45, 2.75) is 326 Å². The molecule has 1 saturated heterocycles. The lowest BCUT2D eigenvalue weighted by Crippen LogP contribution is -2.60. The summed E-state index contributed by atoms with van der Waals surface area (Å²) in [6, 6.07) is -0.713. The molecule has 0 aliphatic carbocycles. The molecule has 65 heavy (non-hydrogen) atoms. The molecule has 1 aliphatic rings. The number of hydrogen-bond donors (Lipinski definition) is 6. The fraction of sp³-hybridized carbons (Fsp3) is 0.946. The number of carbonyl (C=O) groups excluding carboxylic acids is 1. The van der Waals surface area contributed by atoms with Crippen molar-refractivity contribution < 1.29 is 39.8 Å². The van der Waals surface area contributed by atoms with E-state index in [9.17, 15) is 30.3 Å². The minimum absolute atomic E-state index is 0.133. The topological polar surface area (TPSA) is 149 Å². The predicted octanol–water partition coefficient (Wildman–Crippen LogP) is 13.6. The van der Waals surface area contributed by atoms with E-state index in [2.05, 4.69) is 31.3 Å². The number of rotatable bonds is 49. The highest BCUT2D eigenvalue weighted by molar-refractivity contribution is 5.76. The summed E-state index contributed by atoms with van der Waals surface area (Å²) in [6.07, 6.45) is 49.8. The minimum Gasteiger partial charge on any atom is -0.394 e. The molecule has 6 N–H and O–H groups in total. The molecule has 0 bridgehead atoms. The monoisotopic (exact) mass is 924 g/mol. The lowest BCUT2D eigenvalue weighted by molar-refractivity contribution is -0.302. The molecule has 1 fully saturated rings. The van der Waals surface area contributed by atoms with Gasteiger partial charge in [0.1, 0.15) is 24.4 Å². The molecule has 7 unspecified atom stereocenters. The van der Waals surface area contributed by atoms with Crippen molar-refractivity contribution in [1.82, 2.24) is 5.32 Å². The lowest BCUT2D eigenvalue weighted by Gasteiger charge is -2.40. The van der Waals surface area contributed by atoms with Crippen molar-refractivity contribution in [3.8, 4) is 0 Å². The maximum Gasteiger partial charge on any atom is 0.220 e. The largest absolute Gasteiger partial charge is 0.394 e. The van der Waals surface area contributed by atoms with Gasteiger partial charge in [-0.3, -0.25) is 4.79 Å². The number of aliphatic hydroxyl groups excluding tert-OH is 5. The summed E-state index contributed by atoms with van der Waals surface area (Å²) in [4.78, 5) is 13.0. The Bertz CT molecular complexity index is 1030. The molecule has 9 nitrogen and oxygen atoms in total. The van der Waals surface area contributed by atoms with Gasteiger partial charge >= 0.3 is 0 Å². The fourth-order valence-electron chi connectivity index (χ4n) is 9.34. The summed E-state index contributed by atoms with van der Waals surface area (Å²) in [5, 5.41) is 54.5. The van der Waals surface area contributed by atoms with Crippen molar-refractivity contribution in [3.05, 3.63) is 12.2 Å². The zero-order chi connectivity index (χ0) is 47.3. The third-order valence-electron chi connectivity index (χ3n) is 13.9. The van der Waals surface area contributed by atoms with Gasteiger partial charge in [0.05, 0.1) is 25.4 Å². The van der Waals surface area contributed by atoms with E-state index in [0.29, 0.717) is 12.8 Å². The van der Waals surface area contributed by atoms with Crippen molar-refractivity contribution in [1.29, 1.82) is 0 Å². The second kappa shape index (κ2) is 46.6. The van der Waals surface area contributed by atoms with Crippen LogP contribution in [0.1, 0.15) is 284 Å². The van der Waals surface area contributed by atoms with E-state index in [1.807, 2.05) is 0 Å². The summed E-state index contributed by atoms with van der Waals surface area (Å²) in [5.41, 5.74) is 0. The van der Waals surface area contributed by atoms with Crippen LogP contribution in [0, 0.1) is 0 Å². The van der Waals surface area contributed by atoms with Gasteiger partial charge in [0, 0.05) is 6.42 Å². The Labute approximate surface area is 401 Å². The van der Waals surface area contributed by atoms with Crippen LogP contribution in [-0.4, -0.2) is 87.5 Å². The van der Waals surface area contributed by atoms with Crippen LogP contribution in [0.25, 0.3) is 0 Å². The third-order valence-corrected chi connectivity index (χ3v) is 13.9. The number of unbranched alkanes of at least 4 members (excludes halogenated alkanes) is 37. The fourth-order valence-corrected chi connectivity index (χ4v) is 9.34. The van der Waals surface area contributed by atoms with Gasteiger partial charge in [-0.05, 0) is 38.5 Å². The summed E-state index contributed by atoms with van der Waals surface area (Å²) in [6.45, 7) is 3.85. The standard InChI is InChI=1S/C56H109NO8/c1-3-5-7-9-11-13-15-16-17-18-19-20-21-22-23-24-25-26-27-28-29-30-31-32-33-34-36-38-40-42-44-46-52(60)57-49(48-64-56-55(63)54(62)53(61)51(47-58)65-56)50(59)45-43-41-39-37-35-14-12-10-8-6-4-2/h18-19,49-51,53-56,58-59,61-63H,3-17,20-48H2,1-2H3,(H,57,60)/b19-18-. The zero-order valence-corrected chi connectivity index (χ0v) is 42.8. The highest BCUT2D eigenvalue weighted by atomic mass is 16.7. The SMILES string of the molecule is CCCCCCCCCC/C=C\CCCCCCCCCCCCCCCCCCCCCC(=O)NC(COC1OC(CO)C(O)C(O)C1O)C(O)CCCCCCCCCCCCC. The van der Waals surface area contributed by atoms with Gasteiger partial charge in [-0.2, -0.15) is 0 Å². The van der Waals surface area contributed by atoms with E-state index in [4.69, 9.17) is 9.47 Å². The van der Waals surface area contributed by atoms with Gasteiger partial charge < -0.3 is 40.3 Å². The summed E-state index contributed by atoms with van der Waals surface area (Å²) in [5.74, 6) is -0.140. The van der Waals surface area contributed by atoms with Gasteiger partial charge in [0.15, 0.2) is 6.29 Å². The first-order valence-electron chi connectivity index (χ1n) is 28.4. The number of allylic oxidation sites excluding steroid dienone is 2. The van der Waals surface area contributed by atoms with Gasteiger partial charge in [0.2, 0.25) is 5.91 Å². The van der Waals surface area contributed by atoms with Crippen LogP contribution in [0.2, 0.25) is 0 Å². The Morgan fingerprint density at radius 2 is 0.862 bits per heavy atom. The van der Waals surface area contributed by atoms with Crippen molar-refractivity contribution in [2.24, 2.45) is 0 Å². The molecular formula is C56H109NO8. The third kappa shape index (κ3) is 36.6. The summed E-state index contributed by atoms with van der Waals surface area (Å²) < 4.78 is 11.3. The molecule has 1 amide bonds. The van der Waals surface area contributed by atoms with E-state index >= 15 is 0 Å². The Kier molecular flexibility index (Phi) is 44.5. The number of aliphatic hydroxyl groups is 5. The molecular weight excluding hydrogens is 815 g/mol. The van der Waals surface area contributed by atoms with Gasteiger partial charge in [-0.25, -0.2) is 0 Å². The van der Waals surface area contributed by atoms with E-state index < -0.39 is 49.5 Å². The van der Waals surface area contributed by atoms with Gasteiger partial charge in [-0.15, -0.1) is 0 Å². The highest BCUT2D eigenvalue weighted by Gasteiger charge is 2.44. The zero-order valence-electron chi connectivity index (χ0n) is 42.8. The van der Waals surface area contributed by atoms with Crippen molar-refractivity contribution in [2.75, 3.05) is 13.2 Å². The van der Waals surface area contributed by atoms with Crippen molar-refractivity contribution in [3.63, 3.8) is 0 Å². The molecule has 386 valence electrons. The average Bonchev–Trinajstić information content (AvgIpc) is 3.31. The number of ether oxygens (including phenoxy) is 2. The molecule has 0 aromatic rings. The normalized spacial score (nSPS) is 19.9. The Balaban J connectivity index is 2.08. The molecule has 0 spiro atoms. The number of amides is 1. The maximum atomic E-state index is 13.0. The highest BCUT2D eigenvalue weighted by Crippen LogP contribution is 2.23. The predicted molar refractivity (Wildman–Crippen MR) is 272 cm³/mol. The molecule has 0 radical (unpaired) electrons. The maximum absolute atomic E-state index is 13.0. The van der Waals surface area contributed by atoms with Gasteiger partial charge in [-0.1, -0.05) is 251 Å². The summed E-state index contributed by atoms with van der Waals surface area (Å²) >= 11 is 0. The van der Waals surface area contributed by atoms with E-state index in [1.165, 1.54) is 218 Å². The first-order chi connectivity index (χ1) is 31.8. The molecule has 0 aromatic heterocycles. The molecule has 7 atom stereocenters. The summed E-state index contributed by atoms with van der Waals surface area (Å²) in [7, 11) is 0. The molecule has 1 rings (SSSR count). The smallest absolute Gasteiger partial charge is 0.220 e. The molecule has 0 saturated carbocycles. The van der Waals surface area contributed by atoms with Crippen molar-refractivity contribution >= 4 is 5.91 Å². The van der Waals surface area contributed by atoms with Crippen LogP contribution >= 0.6 is 0 Å². The minimum atomic E-state index is -1.55. The van der Waals surface area contributed by atoms with Crippen LogP contribution in [-0.2, 0) is 14.3 Å². The van der Waals surface area contributed by atoms with Crippen LogP contribution in [0.15, 0.2) is 12.2 Å². The number of carbonyl (C=O) groups is 1. The lowest BCUT2D eigenvalue weighted by atomic mass is 9.99. The molecule has 9 heteroatoms. The van der Waals surface area contributed by atoms with E-state index in [-0.39, 0.29) is 12.5 Å². The quantitative estimate of drug-likeness (QED) is 0.0261.